The predicted octanol–water partition coefficient (Wildman–Crippen LogP) is 12.6. The maximum atomic E-state index is 6.88. The quantitative estimate of drug-likeness (QED) is 0.172. The van der Waals surface area contributed by atoms with Crippen LogP contribution in [0.5, 0.6) is 11.5 Å². The van der Waals surface area contributed by atoms with E-state index in [1.165, 1.54) is 72.6 Å². The van der Waals surface area contributed by atoms with Crippen LogP contribution in [0.1, 0.15) is 55.5 Å². The van der Waals surface area contributed by atoms with E-state index in [9.17, 15) is 0 Å². The topological polar surface area (TPSA) is 12.5 Å². The maximum absolute atomic E-state index is 6.88. The molecule has 2 heterocycles. The Kier molecular flexibility index (Phi) is 6.15. The molecule has 2 nitrogen and oxygen atoms in total. The van der Waals surface area contributed by atoms with Crippen LogP contribution in [-0.2, 0) is 10.8 Å². The molecule has 11 rings (SSSR count). The monoisotopic (exact) mass is 683 g/mol. The Bertz CT molecular complexity index is 2600. The predicted molar refractivity (Wildman–Crippen MR) is 217 cm³/mol. The molecule has 3 aliphatic carbocycles. The van der Waals surface area contributed by atoms with Gasteiger partial charge in [0.1, 0.15) is 11.5 Å². The fraction of sp³-hybridized carbons (Fsp3) is 0.176. The van der Waals surface area contributed by atoms with Crippen LogP contribution >= 0.6 is 0 Å². The third kappa shape index (κ3) is 3.78. The van der Waals surface area contributed by atoms with Gasteiger partial charge in [-0.1, -0.05) is 141 Å². The standard InChI is InChI=1S/C51H41NO/c1-32-45-39-19-11-12-20-40(39)51-41-21-13-14-22-43(41)53-44-28-27-38(31-42(44)51)52(37-25-23-35(24-26-37)34-15-7-5-8-16-34)50(4)30-29-49(3,36-17-9-6-10-18-36)47(32)48(50)33(2)46(45)51/h5-33H,1-4H3. The number of anilines is 2. The molecule has 2 heteroatoms. The molecule has 0 N–H and O–H groups in total. The zero-order valence-electron chi connectivity index (χ0n) is 30.6. The third-order valence-corrected chi connectivity index (χ3v) is 13.4. The number of nitrogens with zero attached hydrogens (tertiary/aromatic N) is 1. The number of rotatable bonds is 3. The maximum Gasteiger partial charge on any atom is 0.132 e. The normalized spacial score (nSPS) is 27.0. The Labute approximate surface area is 312 Å². The summed E-state index contributed by atoms with van der Waals surface area (Å²) in [6, 6.07) is 56.1. The van der Waals surface area contributed by atoms with Gasteiger partial charge in [0.25, 0.3) is 0 Å². The number of para-hydroxylation sites is 1. The second-order valence-electron chi connectivity index (χ2n) is 16.0. The lowest BCUT2D eigenvalue weighted by Gasteiger charge is -2.54. The van der Waals surface area contributed by atoms with E-state index in [2.05, 4.69) is 196 Å². The fourth-order valence-electron chi connectivity index (χ4n) is 11.4. The van der Waals surface area contributed by atoms with Crippen molar-refractivity contribution in [3.63, 3.8) is 0 Å². The summed E-state index contributed by atoms with van der Waals surface area (Å²) in [7, 11) is 0. The van der Waals surface area contributed by atoms with Crippen molar-refractivity contribution < 1.29 is 4.74 Å². The van der Waals surface area contributed by atoms with Gasteiger partial charge in [-0.15, -0.1) is 0 Å². The van der Waals surface area contributed by atoms with E-state index in [4.69, 9.17) is 4.74 Å². The van der Waals surface area contributed by atoms with Crippen LogP contribution in [0.3, 0.4) is 0 Å². The van der Waals surface area contributed by atoms with Crippen molar-refractivity contribution in [2.45, 2.75) is 44.1 Å². The summed E-state index contributed by atoms with van der Waals surface area (Å²) in [4.78, 5) is 2.62. The molecule has 256 valence electrons. The molecule has 1 spiro atoms. The summed E-state index contributed by atoms with van der Waals surface area (Å²) in [5.41, 5.74) is 16.1. The summed E-state index contributed by atoms with van der Waals surface area (Å²) in [6.07, 6.45) is 5.06. The second kappa shape index (κ2) is 10.6. The SMILES string of the molecule is CC1C2=C3C(C)C4=C1C(C)(c1ccccc1)C=CC4(C)N(c1ccc(-c4ccccc4)cc1)c1ccc4c(c1)C3(c1ccccc1O4)c1ccccc12. The Morgan fingerprint density at radius 1 is 0.509 bits per heavy atom. The summed E-state index contributed by atoms with van der Waals surface area (Å²) < 4.78 is 6.88. The van der Waals surface area contributed by atoms with Gasteiger partial charge in [0, 0.05) is 39.8 Å². The largest absolute Gasteiger partial charge is 0.457 e. The molecule has 2 aliphatic heterocycles. The van der Waals surface area contributed by atoms with Gasteiger partial charge in [-0.3, -0.25) is 0 Å². The van der Waals surface area contributed by atoms with Crippen LogP contribution in [0, 0.1) is 11.8 Å². The van der Waals surface area contributed by atoms with E-state index in [1.54, 1.807) is 0 Å². The minimum atomic E-state index is -0.489. The first-order valence-corrected chi connectivity index (χ1v) is 19.1. The van der Waals surface area contributed by atoms with Gasteiger partial charge in [0.05, 0.1) is 11.0 Å². The van der Waals surface area contributed by atoms with E-state index in [-0.39, 0.29) is 17.3 Å². The minimum Gasteiger partial charge on any atom is -0.457 e. The van der Waals surface area contributed by atoms with Crippen molar-refractivity contribution in [1.29, 1.82) is 0 Å². The lowest BCUT2D eigenvalue weighted by atomic mass is 9.53. The van der Waals surface area contributed by atoms with Crippen molar-refractivity contribution in [3.05, 3.63) is 208 Å². The molecule has 0 saturated heterocycles. The van der Waals surface area contributed by atoms with Crippen LogP contribution in [-0.4, -0.2) is 5.54 Å². The first-order chi connectivity index (χ1) is 25.9. The van der Waals surface area contributed by atoms with Gasteiger partial charge >= 0.3 is 0 Å². The van der Waals surface area contributed by atoms with Gasteiger partial charge in [-0.2, -0.15) is 0 Å². The van der Waals surface area contributed by atoms with Gasteiger partial charge in [-0.25, -0.2) is 0 Å². The minimum absolute atomic E-state index is 0.126. The first-order valence-electron chi connectivity index (χ1n) is 19.1. The van der Waals surface area contributed by atoms with E-state index in [0.717, 1.165) is 11.5 Å². The van der Waals surface area contributed by atoms with Crippen molar-refractivity contribution in [2.75, 3.05) is 4.90 Å². The summed E-state index contributed by atoms with van der Waals surface area (Å²) >= 11 is 0. The molecule has 5 atom stereocenters. The molecule has 0 saturated carbocycles. The van der Waals surface area contributed by atoms with Gasteiger partial charge in [0.15, 0.2) is 0 Å². The average molecular weight is 684 g/mol. The van der Waals surface area contributed by atoms with Gasteiger partial charge < -0.3 is 9.64 Å². The lowest BCUT2D eigenvalue weighted by molar-refractivity contribution is 0.421. The Morgan fingerprint density at radius 2 is 1.13 bits per heavy atom. The summed E-state index contributed by atoms with van der Waals surface area (Å²) in [6.45, 7) is 9.93. The number of allylic oxidation sites excluding steroid dienone is 4. The molecular formula is C51H41NO. The van der Waals surface area contributed by atoms with E-state index >= 15 is 0 Å². The summed E-state index contributed by atoms with van der Waals surface area (Å²) in [5.74, 6) is 2.18. The van der Waals surface area contributed by atoms with Crippen LogP contribution in [0.15, 0.2) is 181 Å². The third-order valence-electron chi connectivity index (χ3n) is 13.4. The van der Waals surface area contributed by atoms with Crippen molar-refractivity contribution in [1.82, 2.24) is 0 Å². The van der Waals surface area contributed by atoms with Gasteiger partial charge in [0.2, 0.25) is 0 Å². The molecule has 6 aromatic rings. The number of hydrogen-bond acceptors (Lipinski definition) is 2. The number of hydrogen-bond donors (Lipinski definition) is 0. The average Bonchev–Trinajstić information content (AvgIpc) is 3.52. The van der Waals surface area contributed by atoms with Crippen LogP contribution in [0.2, 0.25) is 0 Å². The second-order valence-corrected chi connectivity index (χ2v) is 16.0. The molecule has 4 bridgehead atoms. The van der Waals surface area contributed by atoms with Crippen LogP contribution in [0.25, 0.3) is 16.7 Å². The Morgan fingerprint density at radius 3 is 1.91 bits per heavy atom. The van der Waals surface area contributed by atoms with Crippen molar-refractivity contribution in [3.8, 4) is 22.6 Å². The molecule has 53 heavy (non-hydrogen) atoms. The van der Waals surface area contributed by atoms with Crippen molar-refractivity contribution >= 4 is 16.9 Å². The lowest BCUT2D eigenvalue weighted by Crippen LogP contribution is -2.52. The first kappa shape index (κ1) is 30.7. The smallest absolute Gasteiger partial charge is 0.132 e. The number of ether oxygens (including phenoxy) is 1. The highest BCUT2D eigenvalue weighted by Gasteiger charge is 2.61. The number of fused-ring (bicyclic) bond motifs is 4. The molecular weight excluding hydrogens is 643 g/mol. The Hall–Kier alpha value is -5.86. The van der Waals surface area contributed by atoms with Gasteiger partial charge in [-0.05, 0) is 100 Å². The fourth-order valence-corrected chi connectivity index (χ4v) is 11.4. The molecule has 5 aliphatic rings. The molecule has 6 aromatic carbocycles. The van der Waals surface area contributed by atoms with E-state index in [0.29, 0.717) is 0 Å². The number of benzene rings is 6. The van der Waals surface area contributed by atoms with E-state index < -0.39 is 11.0 Å². The highest BCUT2D eigenvalue weighted by molar-refractivity contribution is 5.94. The highest BCUT2D eigenvalue weighted by atomic mass is 16.5. The molecule has 0 radical (unpaired) electrons. The van der Waals surface area contributed by atoms with Crippen molar-refractivity contribution in [2.24, 2.45) is 11.8 Å². The Balaban J connectivity index is 1.27. The zero-order chi connectivity index (χ0) is 35.7. The molecule has 0 fully saturated rings. The van der Waals surface area contributed by atoms with Crippen LogP contribution < -0.4 is 9.64 Å². The molecule has 0 amide bonds. The zero-order valence-corrected chi connectivity index (χ0v) is 30.6. The van der Waals surface area contributed by atoms with E-state index in [1.807, 2.05) is 0 Å². The highest BCUT2D eigenvalue weighted by Crippen LogP contribution is 2.70. The molecule has 5 unspecified atom stereocenters. The van der Waals surface area contributed by atoms with Crippen LogP contribution in [0.4, 0.5) is 11.4 Å². The summed E-state index contributed by atoms with van der Waals surface area (Å²) in [5, 5.41) is 0. The molecule has 0 aromatic heterocycles.